The number of benzene rings is 2. The van der Waals surface area contributed by atoms with Gasteiger partial charge in [-0.25, -0.2) is 17.9 Å². The van der Waals surface area contributed by atoms with Gasteiger partial charge in [-0.2, -0.15) is 0 Å². The van der Waals surface area contributed by atoms with Crippen LogP contribution in [0.1, 0.15) is 11.1 Å². The Bertz CT molecular complexity index is 850. The van der Waals surface area contributed by atoms with Crippen molar-refractivity contribution >= 4 is 16.1 Å². The third-order valence-electron chi connectivity index (χ3n) is 3.98. The summed E-state index contributed by atoms with van der Waals surface area (Å²) in [7, 11) is -2.13. The molecule has 3 rings (SSSR count). The zero-order valence-electron chi connectivity index (χ0n) is 13.2. The molecule has 0 radical (unpaired) electrons. The number of amides is 1. The Morgan fingerprint density at radius 2 is 1.88 bits per heavy atom. The zero-order chi connectivity index (χ0) is 17.2. The SMILES string of the molecule is CNS(=O)(=O)c1ccc2c(c1)CN(C(=O)Oc1ccccc1)CC2. The summed E-state index contributed by atoms with van der Waals surface area (Å²) in [5, 5.41) is 0. The van der Waals surface area contributed by atoms with E-state index in [2.05, 4.69) is 4.72 Å². The van der Waals surface area contributed by atoms with E-state index in [4.69, 9.17) is 4.74 Å². The molecule has 2 aromatic carbocycles. The van der Waals surface area contributed by atoms with Crippen LogP contribution in [0.4, 0.5) is 4.79 Å². The van der Waals surface area contributed by atoms with E-state index in [1.54, 1.807) is 47.4 Å². The minimum absolute atomic E-state index is 0.196. The number of fused-ring (bicyclic) bond motifs is 1. The fourth-order valence-corrected chi connectivity index (χ4v) is 3.41. The van der Waals surface area contributed by atoms with Gasteiger partial charge in [-0.3, -0.25) is 0 Å². The van der Waals surface area contributed by atoms with E-state index < -0.39 is 16.1 Å². The van der Waals surface area contributed by atoms with E-state index in [1.807, 2.05) is 6.07 Å². The topological polar surface area (TPSA) is 75.7 Å². The fraction of sp³-hybridized carbons (Fsp3) is 0.235. The van der Waals surface area contributed by atoms with E-state index in [0.717, 1.165) is 11.1 Å². The van der Waals surface area contributed by atoms with Crippen LogP contribution >= 0.6 is 0 Å². The molecular weight excluding hydrogens is 328 g/mol. The molecule has 24 heavy (non-hydrogen) atoms. The van der Waals surface area contributed by atoms with Crippen molar-refractivity contribution in [3.63, 3.8) is 0 Å². The first-order chi connectivity index (χ1) is 11.5. The average molecular weight is 346 g/mol. The predicted octanol–water partition coefficient (Wildman–Crippen LogP) is 2.15. The minimum atomic E-state index is -3.50. The highest BCUT2D eigenvalue weighted by atomic mass is 32.2. The molecule has 126 valence electrons. The van der Waals surface area contributed by atoms with Gasteiger partial charge in [-0.1, -0.05) is 24.3 Å². The molecule has 0 fully saturated rings. The average Bonchev–Trinajstić information content (AvgIpc) is 2.61. The Labute approximate surface area is 141 Å². The van der Waals surface area contributed by atoms with Crippen molar-refractivity contribution in [2.75, 3.05) is 13.6 Å². The second-order valence-corrected chi connectivity index (χ2v) is 7.38. The highest BCUT2D eigenvalue weighted by Gasteiger charge is 2.24. The van der Waals surface area contributed by atoms with Crippen LogP contribution in [0.25, 0.3) is 0 Å². The van der Waals surface area contributed by atoms with Gasteiger partial charge in [0.2, 0.25) is 10.0 Å². The number of nitrogens with one attached hydrogen (secondary N) is 1. The van der Waals surface area contributed by atoms with Crippen LogP contribution < -0.4 is 9.46 Å². The lowest BCUT2D eigenvalue weighted by atomic mass is 10.0. The summed E-state index contributed by atoms with van der Waals surface area (Å²) >= 11 is 0. The second kappa shape index (κ2) is 6.62. The summed E-state index contributed by atoms with van der Waals surface area (Å²) in [5.41, 5.74) is 1.87. The number of ether oxygens (including phenoxy) is 1. The van der Waals surface area contributed by atoms with E-state index in [-0.39, 0.29) is 4.90 Å². The molecule has 1 heterocycles. The highest BCUT2D eigenvalue weighted by molar-refractivity contribution is 7.89. The quantitative estimate of drug-likeness (QED) is 0.924. The van der Waals surface area contributed by atoms with Crippen molar-refractivity contribution in [3.05, 3.63) is 59.7 Å². The summed E-state index contributed by atoms with van der Waals surface area (Å²) in [6, 6.07) is 13.9. The Hall–Kier alpha value is -2.38. The Morgan fingerprint density at radius 3 is 2.58 bits per heavy atom. The molecule has 0 atom stereocenters. The molecule has 2 aromatic rings. The van der Waals surface area contributed by atoms with Gasteiger partial charge in [0.25, 0.3) is 0 Å². The third kappa shape index (κ3) is 3.42. The lowest BCUT2D eigenvalue weighted by Gasteiger charge is -2.28. The van der Waals surface area contributed by atoms with Gasteiger partial charge in [0, 0.05) is 13.1 Å². The summed E-state index contributed by atoms with van der Waals surface area (Å²) < 4.78 is 31.5. The first kappa shape index (κ1) is 16.5. The van der Waals surface area contributed by atoms with Crippen molar-refractivity contribution in [2.24, 2.45) is 0 Å². The summed E-state index contributed by atoms with van der Waals surface area (Å²) in [6.07, 6.45) is 0.229. The number of carbonyl (C=O) groups excluding carboxylic acids is 1. The maximum absolute atomic E-state index is 12.3. The third-order valence-corrected chi connectivity index (χ3v) is 5.39. The summed E-state index contributed by atoms with van der Waals surface area (Å²) in [4.78, 5) is 14.1. The summed E-state index contributed by atoms with van der Waals surface area (Å²) in [6.45, 7) is 0.866. The highest BCUT2D eigenvalue weighted by Crippen LogP contribution is 2.23. The van der Waals surface area contributed by atoms with Crippen LogP contribution in [-0.2, 0) is 23.0 Å². The van der Waals surface area contributed by atoms with Gasteiger partial charge >= 0.3 is 6.09 Å². The minimum Gasteiger partial charge on any atom is -0.410 e. The molecule has 1 aliphatic rings. The van der Waals surface area contributed by atoms with Crippen LogP contribution in [-0.4, -0.2) is 33.0 Å². The fourth-order valence-electron chi connectivity index (χ4n) is 2.63. The monoisotopic (exact) mass is 346 g/mol. The molecule has 0 saturated heterocycles. The lowest BCUT2D eigenvalue weighted by Crippen LogP contribution is -2.38. The van der Waals surface area contributed by atoms with Crippen LogP contribution in [0.5, 0.6) is 5.75 Å². The van der Waals surface area contributed by atoms with Gasteiger partial charge < -0.3 is 9.64 Å². The van der Waals surface area contributed by atoms with Gasteiger partial charge in [0.1, 0.15) is 5.75 Å². The van der Waals surface area contributed by atoms with Crippen LogP contribution in [0, 0.1) is 0 Å². The number of carbonyl (C=O) groups is 1. The molecule has 7 heteroatoms. The van der Waals surface area contributed by atoms with E-state index in [1.165, 1.54) is 7.05 Å². The molecule has 1 amide bonds. The number of para-hydroxylation sites is 1. The Kier molecular flexibility index (Phi) is 4.55. The van der Waals surface area contributed by atoms with Crippen LogP contribution in [0.3, 0.4) is 0 Å². The molecule has 0 bridgehead atoms. The number of rotatable bonds is 3. The number of hydrogen-bond donors (Lipinski definition) is 1. The summed E-state index contributed by atoms with van der Waals surface area (Å²) in [5.74, 6) is 0.486. The zero-order valence-corrected chi connectivity index (χ0v) is 14.0. The Morgan fingerprint density at radius 1 is 1.12 bits per heavy atom. The lowest BCUT2D eigenvalue weighted by molar-refractivity contribution is 0.147. The van der Waals surface area contributed by atoms with E-state index in [0.29, 0.717) is 25.3 Å². The number of sulfonamides is 1. The smallest absolute Gasteiger partial charge is 0.410 e. The van der Waals surface area contributed by atoms with Gasteiger partial charge in [-0.05, 0) is 48.9 Å². The van der Waals surface area contributed by atoms with Crippen molar-refractivity contribution in [1.82, 2.24) is 9.62 Å². The van der Waals surface area contributed by atoms with Gasteiger partial charge in [0.15, 0.2) is 0 Å². The van der Waals surface area contributed by atoms with Crippen LogP contribution in [0.2, 0.25) is 0 Å². The molecule has 1 aliphatic heterocycles. The molecule has 0 aliphatic carbocycles. The maximum atomic E-state index is 12.3. The second-order valence-electron chi connectivity index (χ2n) is 5.49. The first-order valence-corrected chi connectivity index (χ1v) is 9.05. The van der Waals surface area contributed by atoms with Gasteiger partial charge in [-0.15, -0.1) is 0 Å². The first-order valence-electron chi connectivity index (χ1n) is 7.57. The normalized spacial score (nSPS) is 14.1. The molecule has 0 unspecified atom stereocenters. The van der Waals surface area contributed by atoms with Crippen molar-refractivity contribution in [3.8, 4) is 5.75 Å². The van der Waals surface area contributed by atoms with Crippen molar-refractivity contribution in [1.29, 1.82) is 0 Å². The van der Waals surface area contributed by atoms with Crippen molar-refractivity contribution < 1.29 is 17.9 Å². The van der Waals surface area contributed by atoms with E-state index in [9.17, 15) is 13.2 Å². The molecule has 1 N–H and O–H groups in total. The van der Waals surface area contributed by atoms with E-state index >= 15 is 0 Å². The largest absolute Gasteiger partial charge is 0.415 e. The number of nitrogens with zero attached hydrogens (tertiary/aromatic N) is 1. The predicted molar refractivity (Wildman–Crippen MR) is 89.3 cm³/mol. The molecule has 0 aromatic heterocycles. The molecular formula is C17H18N2O4S. The van der Waals surface area contributed by atoms with Crippen LogP contribution in [0.15, 0.2) is 53.4 Å². The molecule has 0 saturated carbocycles. The molecule has 6 nitrogen and oxygen atoms in total. The standard InChI is InChI=1S/C17H18N2O4S/c1-18-24(21,22)16-8-7-13-9-10-19(12-14(13)11-16)17(20)23-15-5-3-2-4-6-15/h2-8,11,18H,9-10,12H2,1H3. The number of hydrogen-bond acceptors (Lipinski definition) is 4. The van der Waals surface area contributed by atoms with Gasteiger partial charge in [0.05, 0.1) is 4.90 Å². The molecule has 0 spiro atoms. The van der Waals surface area contributed by atoms with Crippen molar-refractivity contribution in [2.45, 2.75) is 17.9 Å². The maximum Gasteiger partial charge on any atom is 0.415 e. The Balaban J connectivity index is 1.78.